The number of aromatic nitrogens is 1. The third-order valence-corrected chi connectivity index (χ3v) is 2.07. The van der Waals surface area contributed by atoms with Gasteiger partial charge in [0.25, 0.3) is 0 Å². The smallest absolute Gasteiger partial charge is 0.212 e. The molecule has 0 atom stereocenters. The minimum atomic E-state index is -0.492. The van der Waals surface area contributed by atoms with Gasteiger partial charge in [0.05, 0.1) is 0 Å². The molecular formula is C10H8FNO. The first kappa shape index (κ1) is 8.10. The standard InChI is InChI=1S/C10H8FNO/c11-10-4-2-8(6-12-10)7-1-3-9(13)5-7/h2,4-6H,1,3H2. The minimum Gasteiger partial charge on any atom is -0.295 e. The Morgan fingerprint density at radius 3 is 2.69 bits per heavy atom. The van der Waals surface area contributed by atoms with Gasteiger partial charge >= 0.3 is 0 Å². The number of hydrogen-bond acceptors (Lipinski definition) is 2. The van der Waals surface area contributed by atoms with Gasteiger partial charge in [-0.25, -0.2) is 4.98 Å². The van der Waals surface area contributed by atoms with Crippen LogP contribution in [0.4, 0.5) is 4.39 Å². The molecule has 0 saturated carbocycles. The Morgan fingerprint density at radius 1 is 1.31 bits per heavy atom. The van der Waals surface area contributed by atoms with Gasteiger partial charge in [-0.15, -0.1) is 0 Å². The van der Waals surface area contributed by atoms with Gasteiger partial charge in [0.2, 0.25) is 5.95 Å². The molecule has 13 heavy (non-hydrogen) atoms. The van der Waals surface area contributed by atoms with E-state index in [2.05, 4.69) is 4.98 Å². The zero-order valence-electron chi connectivity index (χ0n) is 6.96. The fraction of sp³-hybridized carbons (Fsp3) is 0.200. The molecule has 0 amide bonds. The maximum absolute atomic E-state index is 12.5. The molecule has 0 fully saturated rings. The fourth-order valence-corrected chi connectivity index (χ4v) is 1.39. The average molecular weight is 177 g/mol. The Bertz CT molecular complexity index is 367. The molecule has 1 aliphatic rings. The van der Waals surface area contributed by atoms with E-state index < -0.39 is 5.95 Å². The van der Waals surface area contributed by atoms with Crippen LogP contribution in [-0.4, -0.2) is 10.8 Å². The number of allylic oxidation sites excluding steroid dienone is 2. The molecule has 1 heterocycles. The van der Waals surface area contributed by atoms with Crippen molar-refractivity contribution in [2.45, 2.75) is 12.8 Å². The lowest BCUT2D eigenvalue weighted by atomic mass is 10.1. The number of rotatable bonds is 1. The number of carbonyl (C=O) groups is 1. The van der Waals surface area contributed by atoms with E-state index in [4.69, 9.17) is 0 Å². The Hall–Kier alpha value is -1.51. The van der Waals surface area contributed by atoms with Gasteiger partial charge in [-0.05, 0) is 35.8 Å². The average Bonchev–Trinajstić information content (AvgIpc) is 2.53. The fourth-order valence-electron chi connectivity index (χ4n) is 1.39. The summed E-state index contributed by atoms with van der Waals surface area (Å²) in [6.45, 7) is 0. The second-order valence-corrected chi connectivity index (χ2v) is 3.01. The van der Waals surface area contributed by atoms with Gasteiger partial charge in [-0.2, -0.15) is 4.39 Å². The molecule has 0 aromatic carbocycles. The zero-order valence-corrected chi connectivity index (χ0v) is 6.96. The van der Waals surface area contributed by atoms with Crippen LogP contribution < -0.4 is 0 Å². The molecule has 0 aliphatic heterocycles. The molecule has 0 N–H and O–H groups in total. The van der Waals surface area contributed by atoms with Crippen LogP contribution in [-0.2, 0) is 4.79 Å². The highest BCUT2D eigenvalue weighted by Gasteiger charge is 2.13. The maximum Gasteiger partial charge on any atom is 0.212 e. The Labute approximate surface area is 75.1 Å². The van der Waals surface area contributed by atoms with E-state index in [1.165, 1.54) is 12.3 Å². The first-order valence-electron chi connectivity index (χ1n) is 4.11. The second-order valence-electron chi connectivity index (χ2n) is 3.01. The predicted molar refractivity (Wildman–Crippen MR) is 46.4 cm³/mol. The van der Waals surface area contributed by atoms with E-state index in [1.807, 2.05) is 0 Å². The maximum atomic E-state index is 12.5. The summed E-state index contributed by atoms with van der Waals surface area (Å²) < 4.78 is 12.5. The van der Waals surface area contributed by atoms with Crippen molar-refractivity contribution in [3.05, 3.63) is 35.9 Å². The molecular weight excluding hydrogens is 169 g/mol. The molecule has 1 aromatic heterocycles. The van der Waals surface area contributed by atoms with E-state index in [9.17, 15) is 9.18 Å². The SMILES string of the molecule is O=C1C=C(c2ccc(F)nc2)CC1. The number of carbonyl (C=O) groups excluding carboxylic acids is 1. The van der Waals surface area contributed by atoms with Crippen molar-refractivity contribution in [1.82, 2.24) is 4.98 Å². The lowest BCUT2D eigenvalue weighted by Crippen LogP contribution is -1.85. The molecule has 2 rings (SSSR count). The zero-order chi connectivity index (χ0) is 9.26. The van der Waals surface area contributed by atoms with Crippen LogP contribution in [0.15, 0.2) is 24.4 Å². The molecule has 0 saturated heterocycles. The van der Waals surface area contributed by atoms with E-state index in [0.717, 1.165) is 17.6 Å². The monoisotopic (exact) mass is 177 g/mol. The van der Waals surface area contributed by atoms with Crippen LogP contribution in [0.1, 0.15) is 18.4 Å². The number of nitrogens with zero attached hydrogens (tertiary/aromatic N) is 1. The Balaban J connectivity index is 2.31. The summed E-state index contributed by atoms with van der Waals surface area (Å²) in [5.74, 6) is -0.354. The molecule has 66 valence electrons. The van der Waals surface area contributed by atoms with Crippen molar-refractivity contribution in [3.63, 3.8) is 0 Å². The van der Waals surface area contributed by atoms with Crippen molar-refractivity contribution in [1.29, 1.82) is 0 Å². The van der Waals surface area contributed by atoms with Crippen molar-refractivity contribution in [3.8, 4) is 0 Å². The van der Waals surface area contributed by atoms with Gasteiger partial charge in [0, 0.05) is 12.6 Å². The highest BCUT2D eigenvalue weighted by molar-refractivity contribution is 6.01. The lowest BCUT2D eigenvalue weighted by molar-refractivity contribution is -0.114. The third-order valence-electron chi connectivity index (χ3n) is 2.07. The highest BCUT2D eigenvalue weighted by atomic mass is 19.1. The number of hydrogen-bond donors (Lipinski definition) is 0. The number of halogens is 1. The highest BCUT2D eigenvalue weighted by Crippen LogP contribution is 2.24. The van der Waals surface area contributed by atoms with Crippen LogP contribution in [0.25, 0.3) is 5.57 Å². The molecule has 0 radical (unpaired) electrons. The first-order chi connectivity index (χ1) is 6.25. The van der Waals surface area contributed by atoms with Crippen LogP contribution in [0.3, 0.4) is 0 Å². The quantitative estimate of drug-likeness (QED) is 0.614. The van der Waals surface area contributed by atoms with Crippen LogP contribution in [0, 0.1) is 5.95 Å². The first-order valence-corrected chi connectivity index (χ1v) is 4.11. The van der Waals surface area contributed by atoms with Crippen molar-refractivity contribution >= 4 is 11.4 Å². The number of ketones is 1. The molecule has 0 spiro atoms. The normalized spacial score (nSPS) is 16.1. The van der Waals surface area contributed by atoms with Gasteiger partial charge in [0.1, 0.15) is 0 Å². The summed E-state index contributed by atoms with van der Waals surface area (Å²) in [5.41, 5.74) is 1.80. The molecule has 0 unspecified atom stereocenters. The van der Waals surface area contributed by atoms with Gasteiger partial charge in [0.15, 0.2) is 5.78 Å². The number of pyridine rings is 1. The predicted octanol–water partition coefficient (Wildman–Crippen LogP) is 1.97. The van der Waals surface area contributed by atoms with Crippen molar-refractivity contribution in [2.75, 3.05) is 0 Å². The largest absolute Gasteiger partial charge is 0.295 e. The molecule has 0 bridgehead atoms. The Morgan fingerprint density at radius 2 is 2.15 bits per heavy atom. The van der Waals surface area contributed by atoms with E-state index in [0.29, 0.717) is 6.42 Å². The lowest BCUT2D eigenvalue weighted by Gasteiger charge is -1.98. The topological polar surface area (TPSA) is 30.0 Å². The van der Waals surface area contributed by atoms with Crippen molar-refractivity contribution in [2.24, 2.45) is 0 Å². The summed E-state index contributed by atoms with van der Waals surface area (Å²) in [5, 5.41) is 0. The van der Waals surface area contributed by atoms with Crippen LogP contribution in [0.5, 0.6) is 0 Å². The van der Waals surface area contributed by atoms with E-state index >= 15 is 0 Å². The van der Waals surface area contributed by atoms with Crippen molar-refractivity contribution < 1.29 is 9.18 Å². The molecule has 2 nitrogen and oxygen atoms in total. The van der Waals surface area contributed by atoms with E-state index in [1.54, 1.807) is 12.1 Å². The van der Waals surface area contributed by atoms with Crippen LogP contribution in [0.2, 0.25) is 0 Å². The minimum absolute atomic E-state index is 0.138. The van der Waals surface area contributed by atoms with Gasteiger partial charge < -0.3 is 0 Å². The Kier molecular flexibility index (Phi) is 1.93. The third kappa shape index (κ3) is 1.64. The van der Waals surface area contributed by atoms with Gasteiger partial charge in [-0.3, -0.25) is 4.79 Å². The summed E-state index contributed by atoms with van der Waals surface area (Å²) in [6, 6.07) is 2.95. The summed E-state index contributed by atoms with van der Waals surface area (Å²) >= 11 is 0. The summed E-state index contributed by atoms with van der Waals surface area (Å²) in [7, 11) is 0. The van der Waals surface area contributed by atoms with E-state index in [-0.39, 0.29) is 5.78 Å². The second kappa shape index (κ2) is 3.09. The molecule has 1 aliphatic carbocycles. The van der Waals surface area contributed by atoms with Crippen LogP contribution >= 0.6 is 0 Å². The molecule has 3 heteroatoms. The van der Waals surface area contributed by atoms with Gasteiger partial charge in [-0.1, -0.05) is 0 Å². The summed E-state index contributed by atoms with van der Waals surface area (Å²) in [6.07, 6.45) is 4.37. The summed E-state index contributed by atoms with van der Waals surface area (Å²) in [4.78, 5) is 14.5. The molecule has 1 aromatic rings.